The van der Waals surface area contributed by atoms with Gasteiger partial charge in [0.1, 0.15) is 17.5 Å². The van der Waals surface area contributed by atoms with Crippen molar-refractivity contribution in [2.45, 2.75) is 13.0 Å². The fourth-order valence-electron chi connectivity index (χ4n) is 2.26. The number of anilines is 2. The van der Waals surface area contributed by atoms with Crippen LogP contribution in [0.3, 0.4) is 0 Å². The van der Waals surface area contributed by atoms with Gasteiger partial charge in [-0.05, 0) is 47.5 Å². The Morgan fingerprint density at radius 3 is 1.88 bits per heavy atom. The fourth-order valence-corrected chi connectivity index (χ4v) is 2.26. The number of halogens is 2. The van der Waals surface area contributed by atoms with E-state index >= 15 is 0 Å². The van der Waals surface area contributed by atoms with E-state index in [1.54, 1.807) is 36.4 Å². The molecule has 0 radical (unpaired) electrons. The Labute approximate surface area is 149 Å². The van der Waals surface area contributed by atoms with Crippen molar-refractivity contribution in [3.05, 3.63) is 83.4 Å². The normalized spacial score (nSPS) is 10.4. The molecule has 3 aromatic rings. The van der Waals surface area contributed by atoms with Crippen LogP contribution in [0, 0.1) is 11.6 Å². The molecule has 0 bridgehead atoms. The first kappa shape index (κ1) is 17.5. The first-order valence-corrected chi connectivity index (χ1v) is 7.95. The number of carbonyl (C=O) groups is 1. The predicted molar refractivity (Wildman–Crippen MR) is 94.5 cm³/mol. The molecule has 2 aromatic carbocycles. The van der Waals surface area contributed by atoms with Crippen LogP contribution < -0.4 is 10.6 Å². The third-order valence-corrected chi connectivity index (χ3v) is 3.60. The van der Waals surface area contributed by atoms with Crippen molar-refractivity contribution in [1.29, 1.82) is 0 Å². The molecule has 7 heteroatoms. The molecule has 5 nitrogen and oxygen atoms in total. The molecule has 0 saturated carbocycles. The number of carbonyl (C=O) groups excluding carboxylic acids is 1. The van der Waals surface area contributed by atoms with E-state index in [1.165, 1.54) is 24.3 Å². The summed E-state index contributed by atoms with van der Waals surface area (Å²) < 4.78 is 25.7. The molecule has 0 saturated heterocycles. The molecule has 0 aliphatic rings. The molecule has 26 heavy (non-hydrogen) atoms. The average Bonchev–Trinajstić information content (AvgIpc) is 2.64. The highest BCUT2D eigenvalue weighted by atomic mass is 19.1. The Morgan fingerprint density at radius 2 is 1.31 bits per heavy atom. The van der Waals surface area contributed by atoms with Crippen molar-refractivity contribution >= 4 is 17.5 Å². The Bertz CT molecular complexity index is 866. The summed E-state index contributed by atoms with van der Waals surface area (Å²) in [5.41, 5.74) is 1.61. The van der Waals surface area contributed by atoms with Crippen LogP contribution in [0.15, 0.2) is 60.7 Å². The minimum Gasteiger partial charge on any atom is -0.365 e. The lowest BCUT2D eigenvalue weighted by atomic mass is 10.1. The number of rotatable bonds is 6. The number of nitrogens with zero attached hydrogens (tertiary/aromatic N) is 2. The molecule has 0 spiro atoms. The maximum Gasteiger partial charge on any atom is 0.229 e. The van der Waals surface area contributed by atoms with Crippen molar-refractivity contribution in [3.8, 4) is 0 Å². The maximum absolute atomic E-state index is 12.9. The second-order valence-electron chi connectivity index (χ2n) is 5.64. The lowest BCUT2D eigenvalue weighted by molar-refractivity contribution is -0.115. The van der Waals surface area contributed by atoms with Gasteiger partial charge in [-0.15, -0.1) is 10.2 Å². The van der Waals surface area contributed by atoms with E-state index in [-0.39, 0.29) is 24.0 Å². The second kappa shape index (κ2) is 8.15. The summed E-state index contributed by atoms with van der Waals surface area (Å²) in [7, 11) is 0. The van der Waals surface area contributed by atoms with E-state index in [4.69, 9.17) is 0 Å². The molecule has 0 fully saturated rings. The number of benzene rings is 2. The molecule has 2 N–H and O–H groups in total. The summed E-state index contributed by atoms with van der Waals surface area (Å²) in [5, 5.41) is 13.6. The molecule has 0 unspecified atom stereocenters. The molecule has 1 aromatic heterocycles. The standard InChI is InChI=1S/C19H16F2N4O/c20-15-5-1-13(2-6-15)11-19(26)23-18-10-9-17(24-25-18)22-12-14-3-7-16(21)8-4-14/h1-10H,11-12H2,(H,22,24)(H,23,25,26). The molecule has 0 atom stereocenters. The van der Waals surface area contributed by atoms with Gasteiger partial charge in [0.2, 0.25) is 5.91 Å². The fraction of sp³-hybridized carbons (Fsp3) is 0.105. The molecular weight excluding hydrogens is 338 g/mol. The van der Waals surface area contributed by atoms with Crippen LogP contribution in [0.5, 0.6) is 0 Å². The molecular formula is C19H16F2N4O. The van der Waals surface area contributed by atoms with E-state index in [9.17, 15) is 13.6 Å². The molecule has 0 aliphatic carbocycles. The summed E-state index contributed by atoms with van der Waals surface area (Å²) in [4.78, 5) is 12.0. The van der Waals surface area contributed by atoms with Gasteiger partial charge in [-0.2, -0.15) is 0 Å². The van der Waals surface area contributed by atoms with Crippen LogP contribution in [-0.2, 0) is 17.8 Å². The zero-order valence-electron chi connectivity index (χ0n) is 13.7. The van der Waals surface area contributed by atoms with E-state index in [2.05, 4.69) is 20.8 Å². The van der Waals surface area contributed by atoms with Crippen LogP contribution in [0.1, 0.15) is 11.1 Å². The lowest BCUT2D eigenvalue weighted by Gasteiger charge is -2.07. The van der Waals surface area contributed by atoms with E-state index in [0.29, 0.717) is 23.7 Å². The van der Waals surface area contributed by atoms with E-state index < -0.39 is 0 Å². The van der Waals surface area contributed by atoms with Gasteiger partial charge in [-0.3, -0.25) is 4.79 Å². The van der Waals surface area contributed by atoms with E-state index in [0.717, 1.165) is 5.56 Å². The number of hydrogen-bond acceptors (Lipinski definition) is 4. The Balaban J connectivity index is 1.51. The van der Waals surface area contributed by atoms with Crippen LogP contribution in [0.4, 0.5) is 20.4 Å². The van der Waals surface area contributed by atoms with E-state index in [1.807, 2.05) is 0 Å². The molecule has 0 aliphatic heterocycles. The largest absolute Gasteiger partial charge is 0.365 e. The van der Waals surface area contributed by atoms with Gasteiger partial charge >= 0.3 is 0 Å². The van der Waals surface area contributed by atoms with Gasteiger partial charge < -0.3 is 10.6 Å². The first-order chi connectivity index (χ1) is 12.6. The number of aromatic nitrogens is 2. The van der Waals surface area contributed by atoms with Crippen molar-refractivity contribution in [2.75, 3.05) is 10.6 Å². The van der Waals surface area contributed by atoms with Crippen molar-refractivity contribution in [1.82, 2.24) is 10.2 Å². The summed E-state index contributed by atoms with van der Waals surface area (Å²) in [6, 6.07) is 15.2. The SMILES string of the molecule is O=C(Cc1ccc(F)cc1)Nc1ccc(NCc2ccc(F)cc2)nn1. The predicted octanol–water partition coefficient (Wildman–Crippen LogP) is 3.55. The Kier molecular flexibility index (Phi) is 5.48. The van der Waals surface area contributed by atoms with Crippen LogP contribution in [-0.4, -0.2) is 16.1 Å². The zero-order chi connectivity index (χ0) is 18.4. The Morgan fingerprint density at radius 1 is 0.769 bits per heavy atom. The Hall–Kier alpha value is -3.35. The maximum atomic E-state index is 12.9. The topological polar surface area (TPSA) is 66.9 Å². The third kappa shape index (κ3) is 5.07. The first-order valence-electron chi connectivity index (χ1n) is 7.95. The van der Waals surface area contributed by atoms with Gasteiger partial charge in [0.25, 0.3) is 0 Å². The smallest absolute Gasteiger partial charge is 0.229 e. The van der Waals surface area contributed by atoms with Crippen molar-refractivity contribution in [2.24, 2.45) is 0 Å². The summed E-state index contributed by atoms with van der Waals surface area (Å²) in [6.45, 7) is 0.477. The average molecular weight is 354 g/mol. The summed E-state index contributed by atoms with van der Waals surface area (Å²) in [5.74, 6) is -0.0359. The summed E-state index contributed by atoms with van der Waals surface area (Å²) >= 11 is 0. The zero-order valence-corrected chi connectivity index (χ0v) is 13.7. The minimum atomic E-state index is -0.344. The van der Waals surface area contributed by atoms with Crippen LogP contribution in [0.25, 0.3) is 0 Å². The lowest BCUT2D eigenvalue weighted by Crippen LogP contribution is -2.16. The quantitative estimate of drug-likeness (QED) is 0.710. The van der Waals surface area contributed by atoms with Gasteiger partial charge in [-0.1, -0.05) is 24.3 Å². The number of nitrogens with one attached hydrogen (secondary N) is 2. The van der Waals surface area contributed by atoms with Crippen molar-refractivity contribution < 1.29 is 13.6 Å². The highest BCUT2D eigenvalue weighted by Crippen LogP contribution is 2.10. The van der Waals surface area contributed by atoms with Gasteiger partial charge in [-0.25, -0.2) is 8.78 Å². The van der Waals surface area contributed by atoms with Crippen LogP contribution >= 0.6 is 0 Å². The molecule has 132 valence electrons. The number of hydrogen-bond donors (Lipinski definition) is 2. The third-order valence-electron chi connectivity index (χ3n) is 3.60. The number of amides is 1. The van der Waals surface area contributed by atoms with Crippen LogP contribution in [0.2, 0.25) is 0 Å². The monoisotopic (exact) mass is 354 g/mol. The minimum absolute atomic E-state index is 0.118. The van der Waals surface area contributed by atoms with Gasteiger partial charge in [0.15, 0.2) is 5.82 Å². The van der Waals surface area contributed by atoms with Gasteiger partial charge in [0.05, 0.1) is 6.42 Å². The molecule has 1 amide bonds. The van der Waals surface area contributed by atoms with Gasteiger partial charge in [0, 0.05) is 6.54 Å². The highest BCUT2D eigenvalue weighted by molar-refractivity contribution is 5.91. The van der Waals surface area contributed by atoms with Crippen molar-refractivity contribution in [3.63, 3.8) is 0 Å². The summed E-state index contributed by atoms with van der Waals surface area (Å²) in [6.07, 6.45) is 0.118. The second-order valence-corrected chi connectivity index (χ2v) is 5.64. The molecule has 3 rings (SSSR count). The highest BCUT2D eigenvalue weighted by Gasteiger charge is 2.06. The molecule has 1 heterocycles.